The van der Waals surface area contributed by atoms with Crippen LogP contribution >= 0.6 is 0 Å². The van der Waals surface area contributed by atoms with E-state index in [-0.39, 0.29) is 5.95 Å². The first-order chi connectivity index (χ1) is 8.36. The minimum atomic E-state index is 0.200. The molecule has 0 saturated heterocycles. The van der Waals surface area contributed by atoms with Gasteiger partial charge in [0.05, 0.1) is 0 Å². The van der Waals surface area contributed by atoms with Gasteiger partial charge in [0.25, 0.3) is 0 Å². The predicted octanol–water partition coefficient (Wildman–Crippen LogP) is 1.03. The number of likely N-dealkylation sites (N-methyl/N-ethyl adjacent to an activating group) is 1. The van der Waals surface area contributed by atoms with Crippen LogP contribution in [0.1, 0.15) is 20.3 Å². The van der Waals surface area contributed by atoms with Gasteiger partial charge in [-0.3, -0.25) is 0 Å². The molecular weight excluding hydrogens is 228 g/mol. The molecule has 0 spiro atoms. The Morgan fingerprint density at radius 3 is 2.44 bits per heavy atom. The molecule has 1 aromatic rings. The molecule has 0 aliphatic rings. The van der Waals surface area contributed by atoms with Gasteiger partial charge < -0.3 is 21.7 Å². The molecule has 5 N–H and O–H groups in total. The molecule has 6 heteroatoms. The van der Waals surface area contributed by atoms with Gasteiger partial charge in [-0.25, -0.2) is 0 Å². The van der Waals surface area contributed by atoms with E-state index < -0.39 is 0 Å². The molecule has 102 valence electrons. The Morgan fingerprint density at radius 2 is 1.94 bits per heavy atom. The largest absolute Gasteiger partial charge is 0.383 e. The van der Waals surface area contributed by atoms with Crippen molar-refractivity contribution in [3.05, 3.63) is 6.07 Å². The first-order valence-electron chi connectivity index (χ1n) is 6.18. The summed E-state index contributed by atoms with van der Waals surface area (Å²) in [5.74, 6) is 1.88. The highest BCUT2D eigenvalue weighted by molar-refractivity contribution is 5.48. The van der Waals surface area contributed by atoms with E-state index in [1.165, 1.54) is 0 Å². The van der Waals surface area contributed by atoms with E-state index in [4.69, 9.17) is 11.5 Å². The van der Waals surface area contributed by atoms with E-state index in [0.29, 0.717) is 23.6 Å². The second-order valence-corrected chi connectivity index (χ2v) is 5.27. The van der Waals surface area contributed by atoms with Crippen LogP contribution in [0.2, 0.25) is 0 Å². The molecule has 0 aromatic carbocycles. The lowest BCUT2D eigenvalue weighted by molar-refractivity contribution is 0.356. The zero-order valence-electron chi connectivity index (χ0n) is 11.6. The van der Waals surface area contributed by atoms with Crippen molar-refractivity contribution in [3.8, 4) is 0 Å². The van der Waals surface area contributed by atoms with Crippen molar-refractivity contribution in [2.45, 2.75) is 26.3 Å². The predicted molar refractivity (Wildman–Crippen MR) is 76.3 cm³/mol. The Morgan fingerprint density at radius 1 is 1.28 bits per heavy atom. The number of nitrogen functional groups attached to an aromatic ring is 2. The second kappa shape index (κ2) is 6.39. The third-order valence-electron chi connectivity index (χ3n) is 2.46. The molecular formula is C12H24N6. The Labute approximate surface area is 109 Å². The number of nitrogens with two attached hydrogens (primary N) is 2. The minimum Gasteiger partial charge on any atom is -0.383 e. The van der Waals surface area contributed by atoms with Gasteiger partial charge >= 0.3 is 0 Å². The van der Waals surface area contributed by atoms with Crippen molar-refractivity contribution < 1.29 is 0 Å². The molecule has 0 fully saturated rings. The summed E-state index contributed by atoms with van der Waals surface area (Å²) in [6.07, 6.45) is 1.06. The van der Waals surface area contributed by atoms with Crippen LogP contribution in [0, 0.1) is 5.92 Å². The molecule has 1 aromatic heterocycles. The zero-order chi connectivity index (χ0) is 13.7. The Kier molecular flexibility index (Phi) is 5.15. The fourth-order valence-electron chi connectivity index (χ4n) is 1.96. The Balaban J connectivity index is 2.74. The van der Waals surface area contributed by atoms with Crippen molar-refractivity contribution in [3.63, 3.8) is 0 Å². The lowest BCUT2D eigenvalue weighted by Gasteiger charge is -2.24. The summed E-state index contributed by atoms with van der Waals surface area (Å²) < 4.78 is 0. The average molecular weight is 252 g/mol. The smallest absolute Gasteiger partial charge is 0.223 e. The number of rotatable bonds is 6. The maximum atomic E-state index is 5.66. The number of hydrogen-bond donors (Lipinski definition) is 3. The molecule has 0 amide bonds. The van der Waals surface area contributed by atoms with Crippen molar-refractivity contribution in [2.24, 2.45) is 5.92 Å². The van der Waals surface area contributed by atoms with Crippen LogP contribution < -0.4 is 16.8 Å². The summed E-state index contributed by atoms with van der Waals surface area (Å²) in [4.78, 5) is 10.1. The normalized spacial score (nSPS) is 13.0. The van der Waals surface area contributed by atoms with Crippen LogP contribution in [0.25, 0.3) is 0 Å². The number of aromatic nitrogens is 2. The van der Waals surface area contributed by atoms with Gasteiger partial charge in [-0.2, -0.15) is 9.97 Å². The topological polar surface area (TPSA) is 93.1 Å². The van der Waals surface area contributed by atoms with Crippen LogP contribution in [-0.4, -0.2) is 41.5 Å². The maximum absolute atomic E-state index is 5.66. The highest BCUT2D eigenvalue weighted by atomic mass is 15.1. The molecule has 0 aliphatic heterocycles. The van der Waals surface area contributed by atoms with Gasteiger partial charge in [-0.05, 0) is 26.4 Å². The molecule has 0 radical (unpaired) electrons. The summed E-state index contributed by atoms with van der Waals surface area (Å²) >= 11 is 0. The second-order valence-electron chi connectivity index (χ2n) is 5.27. The quantitative estimate of drug-likeness (QED) is 0.700. The van der Waals surface area contributed by atoms with Crippen molar-refractivity contribution >= 4 is 17.6 Å². The van der Waals surface area contributed by atoms with Crippen LogP contribution in [0.15, 0.2) is 6.07 Å². The van der Waals surface area contributed by atoms with E-state index in [1.807, 2.05) is 0 Å². The number of hydrogen-bond acceptors (Lipinski definition) is 6. The molecule has 6 nitrogen and oxygen atoms in total. The molecule has 1 rings (SSSR count). The summed E-state index contributed by atoms with van der Waals surface area (Å²) in [5.41, 5.74) is 11.2. The lowest BCUT2D eigenvalue weighted by atomic mass is 10.0. The van der Waals surface area contributed by atoms with E-state index in [2.05, 4.69) is 48.1 Å². The van der Waals surface area contributed by atoms with Crippen LogP contribution in [0.3, 0.4) is 0 Å². The fraction of sp³-hybridized carbons (Fsp3) is 0.667. The van der Waals surface area contributed by atoms with Gasteiger partial charge in [0.1, 0.15) is 11.6 Å². The molecule has 18 heavy (non-hydrogen) atoms. The first kappa shape index (κ1) is 14.5. The molecule has 0 saturated carbocycles. The summed E-state index contributed by atoms with van der Waals surface area (Å²) in [5, 5.41) is 3.37. The van der Waals surface area contributed by atoms with Crippen LogP contribution in [0.5, 0.6) is 0 Å². The number of anilines is 3. The average Bonchev–Trinajstić information content (AvgIpc) is 2.12. The minimum absolute atomic E-state index is 0.200. The van der Waals surface area contributed by atoms with E-state index >= 15 is 0 Å². The third-order valence-corrected chi connectivity index (χ3v) is 2.46. The maximum Gasteiger partial charge on any atom is 0.223 e. The highest BCUT2D eigenvalue weighted by Crippen LogP contribution is 2.14. The van der Waals surface area contributed by atoms with Crippen molar-refractivity contribution in [2.75, 3.05) is 37.4 Å². The van der Waals surface area contributed by atoms with Crippen LogP contribution in [0.4, 0.5) is 17.6 Å². The SMILES string of the molecule is CC(C)CC(CN(C)C)Nc1cc(N)nc(N)n1. The van der Waals surface area contributed by atoms with E-state index in [1.54, 1.807) is 6.07 Å². The first-order valence-corrected chi connectivity index (χ1v) is 6.18. The molecule has 0 aliphatic carbocycles. The number of nitrogens with one attached hydrogen (secondary N) is 1. The monoisotopic (exact) mass is 252 g/mol. The van der Waals surface area contributed by atoms with Crippen molar-refractivity contribution in [1.29, 1.82) is 0 Å². The summed E-state index contributed by atoms with van der Waals surface area (Å²) in [7, 11) is 4.11. The lowest BCUT2D eigenvalue weighted by Crippen LogP contribution is -2.33. The molecule has 1 heterocycles. The van der Waals surface area contributed by atoms with Gasteiger partial charge in [-0.15, -0.1) is 0 Å². The van der Waals surface area contributed by atoms with Gasteiger partial charge in [0.15, 0.2) is 0 Å². The Bertz CT molecular complexity index is 347. The van der Waals surface area contributed by atoms with Crippen LogP contribution in [-0.2, 0) is 0 Å². The van der Waals surface area contributed by atoms with E-state index in [9.17, 15) is 0 Å². The highest BCUT2D eigenvalue weighted by Gasteiger charge is 2.13. The van der Waals surface area contributed by atoms with Crippen molar-refractivity contribution in [1.82, 2.24) is 14.9 Å². The summed E-state index contributed by atoms with van der Waals surface area (Å²) in [6.45, 7) is 5.34. The number of nitrogens with zero attached hydrogens (tertiary/aromatic N) is 3. The molecule has 1 atom stereocenters. The molecule has 0 bridgehead atoms. The zero-order valence-corrected chi connectivity index (χ0v) is 11.6. The van der Waals surface area contributed by atoms with Gasteiger partial charge in [-0.1, -0.05) is 13.8 Å². The molecule has 1 unspecified atom stereocenters. The standard InChI is InChI=1S/C12H24N6/c1-8(2)5-9(7-18(3)4)15-11-6-10(13)16-12(14)17-11/h6,8-9H,5,7H2,1-4H3,(H5,13,14,15,16,17). The third kappa shape index (κ3) is 5.18. The Hall–Kier alpha value is -1.56. The summed E-state index contributed by atoms with van der Waals surface area (Å²) in [6, 6.07) is 2.02. The van der Waals surface area contributed by atoms with Gasteiger partial charge in [0, 0.05) is 18.7 Å². The van der Waals surface area contributed by atoms with E-state index in [0.717, 1.165) is 13.0 Å². The fourth-order valence-corrected chi connectivity index (χ4v) is 1.96. The van der Waals surface area contributed by atoms with Gasteiger partial charge in [0.2, 0.25) is 5.95 Å².